The van der Waals surface area contributed by atoms with Gasteiger partial charge in [-0.15, -0.1) is 0 Å². The summed E-state index contributed by atoms with van der Waals surface area (Å²) in [6.45, 7) is 4.56. The molecule has 4 nitrogen and oxygen atoms in total. The highest BCUT2D eigenvalue weighted by molar-refractivity contribution is 5.64. The van der Waals surface area contributed by atoms with Crippen molar-refractivity contribution >= 4 is 6.09 Å². The van der Waals surface area contributed by atoms with Crippen molar-refractivity contribution in [2.75, 3.05) is 0 Å². The molecule has 234 valence electrons. The van der Waals surface area contributed by atoms with E-state index in [-0.39, 0.29) is 6.04 Å². The fourth-order valence-electron chi connectivity index (χ4n) is 5.90. The standard InChI is InChI=1S/C35H72N2O2/c1-3-5-7-9-11-13-15-17-19-21-23-25-27-29-31-33-34(37(36)35(38)39)32-30-28-26-24-22-20-18-16-14-12-10-8-6-4-2/h34H,3-33,36H2,1-2H3,(H,38,39). The van der Waals surface area contributed by atoms with Gasteiger partial charge in [-0.25, -0.2) is 15.6 Å². The first-order valence-corrected chi connectivity index (χ1v) is 17.9. The molecule has 0 aromatic heterocycles. The summed E-state index contributed by atoms with van der Waals surface area (Å²) in [7, 11) is 0. The van der Waals surface area contributed by atoms with E-state index in [9.17, 15) is 9.90 Å². The number of nitrogens with two attached hydrogens (primary N) is 1. The second-order valence-corrected chi connectivity index (χ2v) is 12.5. The predicted molar refractivity (Wildman–Crippen MR) is 172 cm³/mol. The van der Waals surface area contributed by atoms with Crippen LogP contribution in [0.15, 0.2) is 0 Å². The Labute approximate surface area is 245 Å². The van der Waals surface area contributed by atoms with Crippen LogP contribution in [-0.2, 0) is 0 Å². The molecule has 0 saturated carbocycles. The summed E-state index contributed by atoms with van der Waals surface area (Å²) in [5, 5.41) is 10.5. The van der Waals surface area contributed by atoms with Gasteiger partial charge in [-0.2, -0.15) is 0 Å². The SMILES string of the molecule is CCCCCCCCCCCCCCCCCC(CCCCCCCCCCCCCCCC)N(N)C(=O)O. The lowest BCUT2D eigenvalue weighted by atomic mass is 9.99. The van der Waals surface area contributed by atoms with Crippen molar-refractivity contribution in [3.63, 3.8) is 0 Å². The number of amides is 1. The van der Waals surface area contributed by atoms with Gasteiger partial charge in [-0.1, -0.05) is 200 Å². The monoisotopic (exact) mass is 553 g/mol. The van der Waals surface area contributed by atoms with Gasteiger partial charge in [0.2, 0.25) is 0 Å². The first-order valence-electron chi connectivity index (χ1n) is 17.9. The normalized spacial score (nSPS) is 12.2. The van der Waals surface area contributed by atoms with Crippen LogP contribution in [-0.4, -0.2) is 22.3 Å². The van der Waals surface area contributed by atoms with Crippen molar-refractivity contribution in [1.82, 2.24) is 5.01 Å². The average molecular weight is 553 g/mol. The molecule has 1 amide bonds. The van der Waals surface area contributed by atoms with Crippen LogP contribution in [0.3, 0.4) is 0 Å². The second kappa shape index (κ2) is 31.8. The number of nitrogens with zero attached hydrogens (tertiary/aromatic N) is 1. The summed E-state index contributed by atoms with van der Waals surface area (Å²) in [6.07, 6.45) is 40.1. The summed E-state index contributed by atoms with van der Waals surface area (Å²) < 4.78 is 0. The van der Waals surface area contributed by atoms with Crippen molar-refractivity contribution in [2.45, 2.75) is 219 Å². The minimum absolute atomic E-state index is 0.0122. The van der Waals surface area contributed by atoms with Crippen molar-refractivity contribution in [3.8, 4) is 0 Å². The zero-order chi connectivity index (χ0) is 28.7. The molecule has 0 bridgehead atoms. The van der Waals surface area contributed by atoms with E-state index in [1.807, 2.05) is 0 Å². The molecule has 0 rings (SSSR count). The van der Waals surface area contributed by atoms with Crippen molar-refractivity contribution in [1.29, 1.82) is 0 Å². The van der Waals surface area contributed by atoms with Gasteiger partial charge in [0.05, 0.1) is 6.04 Å². The lowest BCUT2D eigenvalue weighted by molar-refractivity contribution is 0.117. The molecular formula is C35H72N2O2. The quantitative estimate of drug-likeness (QED) is 0.0377. The molecule has 3 N–H and O–H groups in total. The van der Waals surface area contributed by atoms with Gasteiger partial charge >= 0.3 is 6.09 Å². The molecule has 0 aliphatic heterocycles. The Hall–Kier alpha value is -0.770. The number of hydrogen-bond donors (Lipinski definition) is 2. The van der Waals surface area contributed by atoms with Crippen LogP contribution < -0.4 is 5.84 Å². The van der Waals surface area contributed by atoms with E-state index >= 15 is 0 Å². The lowest BCUT2D eigenvalue weighted by Gasteiger charge is -2.25. The smallest absolute Gasteiger partial charge is 0.421 e. The second-order valence-electron chi connectivity index (χ2n) is 12.5. The Balaban J connectivity index is 3.62. The first-order chi connectivity index (χ1) is 19.1. The van der Waals surface area contributed by atoms with Gasteiger partial charge in [-0.05, 0) is 12.8 Å². The van der Waals surface area contributed by atoms with Gasteiger partial charge in [0, 0.05) is 0 Å². The summed E-state index contributed by atoms with van der Waals surface area (Å²) >= 11 is 0. The maximum absolute atomic E-state index is 11.4. The van der Waals surface area contributed by atoms with Gasteiger partial charge < -0.3 is 5.11 Å². The number of carbonyl (C=O) groups is 1. The van der Waals surface area contributed by atoms with E-state index < -0.39 is 6.09 Å². The maximum Gasteiger partial charge on any atom is 0.421 e. The number of rotatable bonds is 32. The van der Waals surface area contributed by atoms with Crippen molar-refractivity contribution in [3.05, 3.63) is 0 Å². The molecule has 0 spiro atoms. The third kappa shape index (κ3) is 28.6. The Bertz CT molecular complexity index is 485. The summed E-state index contributed by atoms with van der Waals surface area (Å²) in [4.78, 5) is 11.4. The fourth-order valence-corrected chi connectivity index (χ4v) is 5.90. The fraction of sp³-hybridized carbons (Fsp3) is 0.971. The molecule has 0 aromatic rings. The maximum atomic E-state index is 11.4. The van der Waals surface area contributed by atoms with Crippen molar-refractivity contribution in [2.24, 2.45) is 5.84 Å². The Morgan fingerprint density at radius 1 is 0.462 bits per heavy atom. The molecule has 0 heterocycles. The zero-order valence-electron chi connectivity index (χ0n) is 26.9. The molecule has 0 aliphatic rings. The lowest BCUT2D eigenvalue weighted by Crippen LogP contribution is -2.44. The number of unbranched alkanes of at least 4 members (excludes halogenated alkanes) is 27. The van der Waals surface area contributed by atoms with E-state index in [4.69, 9.17) is 5.84 Å². The van der Waals surface area contributed by atoms with Crippen LogP contribution in [0.5, 0.6) is 0 Å². The van der Waals surface area contributed by atoms with Crippen LogP contribution >= 0.6 is 0 Å². The molecule has 4 heteroatoms. The van der Waals surface area contributed by atoms with Gasteiger partial charge in [0.25, 0.3) is 0 Å². The van der Waals surface area contributed by atoms with Crippen LogP contribution in [0, 0.1) is 0 Å². The third-order valence-corrected chi connectivity index (χ3v) is 8.65. The molecule has 0 radical (unpaired) electrons. The van der Waals surface area contributed by atoms with Gasteiger partial charge in [0.1, 0.15) is 0 Å². The molecule has 0 fully saturated rings. The number of hydrazine groups is 1. The molecule has 0 aliphatic carbocycles. The van der Waals surface area contributed by atoms with Crippen LogP contribution in [0.1, 0.15) is 213 Å². The van der Waals surface area contributed by atoms with Crippen LogP contribution in [0.25, 0.3) is 0 Å². The predicted octanol–water partition coefficient (Wildman–Crippen LogP) is 12.3. The van der Waals surface area contributed by atoms with E-state index in [0.717, 1.165) is 30.7 Å². The summed E-state index contributed by atoms with van der Waals surface area (Å²) in [5.41, 5.74) is 0. The molecule has 39 heavy (non-hydrogen) atoms. The Morgan fingerprint density at radius 3 is 0.872 bits per heavy atom. The molecule has 0 aromatic carbocycles. The highest BCUT2D eigenvalue weighted by Gasteiger charge is 2.19. The largest absolute Gasteiger partial charge is 0.464 e. The topological polar surface area (TPSA) is 66.6 Å². The van der Waals surface area contributed by atoms with Crippen LogP contribution in [0.2, 0.25) is 0 Å². The summed E-state index contributed by atoms with van der Waals surface area (Å²) in [5.74, 6) is 5.91. The Morgan fingerprint density at radius 2 is 0.667 bits per heavy atom. The number of carboxylic acid groups (broad SMARTS) is 1. The molecule has 1 atom stereocenters. The number of hydrogen-bond acceptors (Lipinski definition) is 2. The van der Waals surface area contributed by atoms with Gasteiger partial charge in [-0.3, -0.25) is 0 Å². The van der Waals surface area contributed by atoms with Crippen molar-refractivity contribution < 1.29 is 9.90 Å². The Kier molecular flexibility index (Phi) is 31.1. The third-order valence-electron chi connectivity index (χ3n) is 8.65. The first kappa shape index (κ1) is 38.2. The minimum atomic E-state index is -0.980. The average Bonchev–Trinajstić information content (AvgIpc) is 2.93. The summed E-state index contributed by atoms with van der Waals surface area (Å²) in [6, 6.07) is -0.0122. The zero-order valence-corrected chi connectivity index (χ0v) is 26.9. The minimum Gasteiger partial charge on any atom is -0.464 e. The highest BCUT2D eigenvalue weighted by atomic mass is 16.4. The van der Waals surface area contributed by atoms with Crippen LogP contribution in [0.4, 0.5) is 4.79 Å². The molecular weight excluding hydrogens is 480 g/mol. The van der Waals surface area contributed by atoms with E-state index in [1.54, 1.807) is 0 Å². The van der Waals surface area contributed by atoms with E-state index in [0.29, 0.717) is 0 Å². The van der Waals surface area contributed by atoms with Gasteiger partial charge in [0.15, 0.2) is 0 Å². The van der Waals surface area contributed by atoms with E-state index in [1.165, 1.54) is 173 Å². The highest BCUT2D eigenvalue weighted by Crippen LogP contribution is 2.19. The molecule has 1 unspecified atom stereocenters. The van der Waals surface area contributed by atoms with E-state index in [2.05, 4.69) is 13.8 Å². The molecule has 0 saturated heterocycles.